The minimum absolute atomic E-state index is 0.0802. The van der Waals surface area contributed by atoms with Gasteiger partial charge in [0.2, 0.25) is 0 Å². The number of hydrogen-bond donors (Lipinski definition) is 1. The minimum atomic E-state index is -3.81. The van der Waals surface area contributed by atoms with Crippen molar-refractivity contribution in [3.63, 3.8) is 0 Å². The fourth-order valence-electron chi connectivity index (χ4n) is 2.74. The number of hydrogen-bond acceptors (Lipinski definition) is 5. The number of ether oxygens (including phenoxy) is 1. The highest BCUT2D eigenvalue weighted by atomic mass is 32.2. The predicted octanol–water partition coefficient (Wildman–Crippen LogP) is 2.85. The van der Waals surface area contributed by atoms with Gasteiger partial charge in [0, 0.05) is 31.5 Å². The van der Waals surface area contributed by atoms with Crippen LogP contribution in [0.4, 0.5) is 5.69 Å². The van der Waals surface area contributed by atoms with E-state index in [1.54, 1.807) is 36.7 Å². The van der Waals surface area contributed by atoms with E-state index in [1.165, 1.54) is 38.4 Å². The molecule has 29 heavy (non-hydrogen) atoms. The molecule has 8 heteroatoms. The molecule has 150 valence electrons. The Morgan fingerprint density at radius 3 is 2.34 bits per heavy atom. The molecule has 0 saturated heterocycles. The van der Waals surface area contributed by atoms with Crippen LogP contribution < -0.4 is 14.4 Å². The lowest BCUT2D eigenvalue weighted by Crippen LogP contribution is -2.27. The van der Waals surface area contributed by atoms with Crippen LogP contribution in [-0.2, 0) is 16.6 Å². The molecule has 2 aromatic carbocycles. The van der Waals surface area contributed by atoms with Gasteiger partial charge in [-0.25, -0.2) is 8.42 Å². The second-order valence-electron chi connectivity index (χ2n) is 6.21. The van der Waals surface area contributed by atoms with Gasteiger partial charge in [-0.3, -0.25) is 14.1 Å². The topological polar surface area (TPSA) is 88.6 Å². The smallest absolute Gasteiger partial charge is 0.264 e. The van der Waals surface area contributed by atoms with Crippen molar-refractivity contribution in [3.8, 4) is 5.75 Å². The number of aromatic nitrogens is 1. The molecule has 0 aliphatic rings. The molecule has 0 bridgehead atoms. The van der Waals surface area contributed by atoms with Gasteiger partial charge in [-0.1, -0.05) is 12.1 Å². The quantitative estimate of drug-likeness (QED) is 0.646. The van der Waals surface area contributed by atoms with Crippen LogP contribution in [0.15, 0.2) is 78.0 Å². The second kappa shape index (κ2) is 8.74. The molecule has 0 unspecified atom stereocenters. The Balaban J connectivity index is 1.75. The summed E-state index contributed by atoms with van der Waals surface area (Å²) < 4.78 is 32.3. The van der Waals surface area contributed by atoms with Gasteiger partial charge in [-0.05, 0) is 54.1 Å². The van der Waals surface area contributed by atoms with Gasteiger partial charge >= 0.3 is 0 Å². The summed E-state index contributed by atoms with van der Waals surface area (Å²) in [6, 6.07) is 16.3. The van der Waals surface area contributed by atoms with Crippen LogP contribution in [0.2, 0.25) is 0 Å². The number of nitrogens with one attached hydrogen (secondary N) is 1. The number of pyridine rings is 1. The first kappa shape index (κ1) is 20.3. The predicted molar refractivity (Wildman–Crippen MR) is 110 cm³/mol. The largest absolute Gasteiger partial charge is 0.495 e. The Hall–Kier alpha value is -3.39. The lowest BCUT2D eigenvalue weighted by molar-refractivity contribution is 0.0951. The van der Waals surface area contributed by atoms with Crippen molar-refractivity contribution in [1.82, 2.24) is 10.3 Å². The van der Waals surface area contributed by atoms with Crippen molar-refractivity contribution in [3.05, 3.63) is 84.2 Å². The van der Waals surface area contributed by atoms with E-state index in [2.05, 4.69) is 10.3 Å². The SMILES string of the molecule is COc1ccccc1N(C)S(=O)(=O)c1ccc(C(=O)NCc2ccncc2)cc1. The summed E-state index contributed by atoms with van der Waals surface area (Å²) in [5, 5.41) is 2.79. The maximum absolute atomic E-state index is 13.0. The van der Waals surface area contributed by atoms with E-state index >= 15 is 0 Å². The number of methoxy groups -OCH3 is 1. The van der Waals surface area contributed by atoms with Gasteiger partial charge < -0.3 is 10.1 Å². The fourth-order valence-corrected chi connectivity index (χ4v) is 3.95. The average Bonchev–Trinajstić information content (AvgIpc) is 2.77. The summed E-state index contributed by atoms with van der Waals surface area (Å²) in [5.41, 5.74) is 1.72. The van der Waals surface area contributed by atoms with Crippen LogP contribution in [-0.4, -0.2) is 33.5 Å². The van der Waals surface area contributed by atoms with Crippen LogP contribution >= 0.6 is 0 Å². The van der Waals surface area contributed by atoms with Crippen LogP contribution in [0.3, 0.4) is 0 Å². The molecule has 0 saturated carbocycles. The number of anilines is 1. The normalized spacial score (nSPS) is 11.0. The molecule has 0 spiro atoms. The standard InChI is InChI=1S/C21H21N3O4S/c1-24(19-5-3-4-6-20(19)28-2)29(26,27)18-9-7-17(8-10-18)21(25)23-15-16-11-13-22-14-12-16/h3-14H,15H2,1-2H3,(H,23,25). The van der Waals surface area contributed by atoms with Crippen molar-refractivity contribution in [1.29, 1.82) is 0 Å². The lowest BCUT2D eigenvalue weighted by Gasteiger charge is -2.21. The highest BCUT2D eigenvalue weighted by Gasteiger charge is 2.23. The third-order valence-electron chi connectivity index (χ3n) is 4.40. The van der Waals surface area contributed by atoms with Crippen LogP contribution in [0.1, 0.15) is 15.9 Å². The number of sulfonamides is 1. The van der Waals surface area contributed by atoms with Gasteiger partial charge in [-0.2, -0.15) is 0 Å². The summed E-state index contributed by atoms with van der Waals surface area (Å²) in [6.45, 7) is 0.359. The van der Waals surface area contributed by atoms with Crippen LogP contribution in [0, 0.1) is 0 Å². The number of carbonyl (C=O) groups is 1. The number of rotatable bonds is 7. The van der Waals surface area contributed by atoms with Crippen molar-refractivity contribution in [2.24, 2.45) is 0 Å². The van der Waals surface area contributed by atoms with Crippen LogP contribution in [0.5, 0.6) is 5.75 Å². The molecular formula is C21H21N3O4S. The summed E-state index contributed by atoms with van der Waals surface area (Å²) in [6.07, 6.45) is 3.30. The molecular weight excluding hydrogens is 390 g/mol. The van der Waals surface area contributed by atoms with E-state index in [9.17, 15) is 13.2 Å². The molecule has 0 radical (unpaired) electrons. The number of carbonyl (C=O) groups excluding carboxylic acids is 1. The molecule has 3 rings (SSSR count). The van der Waals surface area contributed by atoms with Crippen molar-refractivity contribution < 1.29 is 17.9 Å². The molecule has 1 amide bonds. The van der Waals surface area contributed by atoms with E-state index in [1.807, 2.05) is 12.1 Å². The van der Waals surface area contributed by atoms with Gasteiger partial charge in [0.15, 0.2) is 0 Å². The first-order chi connectivity index (χ1) is 13.9. The van der Waals surface area contributed by atoms with E-state index in [-0.39, 0.29) is 10.8 Å². The summed E-state index contributed by atoms with van der Waals surface area (Å²) in [5.74, 6) is 0.162. The fraction of sp³-hybridized carbons (Fsp3) is 0.143. The molecule has 0 fully saturated rings. The molecule has 1 N–H and O–H groups in total. The highest BCUT2D eigenvalue weighted by Crippen LogP contribution is 2.30. The van der Waals surface area contributed by atoms with E-state index in [4.69, 9.17) is 4.74 Å². The van der Waals surface area contributed by atoms with Gasteiger partial charge in [-0.15, -0.1) is 0 Å². The second-order valence-corrected chi connectivity index (χ2v) is 8.18. The van der Waals surface area contributed by atoms with E-state index in [0.29, 0.717) is 23.5 Å². The Morgan fingerprint density at radius 1 is 1.03 bits per heavy atom. The van der Waals surface area contributed by atoms with E-state index in [0.717, 1.165) is 9.87 Å². The maximum atomic E-state index is 13.0. The summed E-state index contributed by atoms with van der Waals surface area (Å²) in [7, 11) is -0.862. The first-order valence-corrected chi connectivity index (χ1v) is 10.3. The molecule has 0 aliphatic heterocycles. The monoisotopic (exact) mass is 411 g/mol. The molecule has 7 nitrogen and oxygen atoms in total. The Bertz CT molecular complexity index is 1080. The van der Waals surface area contributed by atoms with Crippen molar-refractivity contribution in [2.45, 2.75) is 11.4 Å². The summed E-state index contributed by atoms with van der Waals surface area (Å²) in [4.78, 5) is 16.3. The number of para-hydroxylation sites is 2. The van der Waals surface area contributed by atoms with Crippen molar-refractivity contribution >= 4 is 21.6 Å². The van der Waals surface area contributed by atoms with Crippen LogP contribution in [0.25, 0.3) is 0 Å². The van der Waals surface area contributed by atoms with E-state index < -0.39 is 10.0 Å². The minimum Gasteiger partial charge on any atom is -0.495 e. The maximum Gasteiger partial charge on any atom is 0.264 e. The third kappa shape index (κ3) is 4.55. The first-order valence-electron chi connectivity index (χ1n) is 8.82. The van der Waals surface area contributed by atoms with Gasteiger partial charge in [0.05, 0.1) is 17.7 Å². The van der Waals surface area contributed by atoms with Crippen molar-refractivity contribution in [2.75, 3.05) is 18.5 Å². The zero-order chi connectivity index (χ0) is 20.9. The highest BCUT2D eigenvalue weighted by molar-refractivity contribution is 7.92. The molecule has 3 aromatic rings. The zero-order valence-electron chi connectivity index (χ0n) is 16.1. The Labute approximate surface area is 170 Å². The molecule has 0 atom stereocenters. The molecule has 0 aliphatic carbocycles. The average molecular weight is 411 g/mol. The molecule has 1 aromatic heterocycles. The Kier molecular flexibility index (Phi) is 6.13. The number of benzene rings is 2. The third-order valence-corrected chi connectivity index (χ3v) is 6.19. The zero-order valence-corrected chi connectivity index (χ0v) is 16.9. The summed E-state index contributed by atoms with van der Waals surface area (Å²) >= 11 is 0. The number of nitrogens with zero attached hydrogens (tertiary/aromatic N) is 2. The number of amides is 1. The Morgan fingerprint density at radius 2 is 1.69 bits per heavy atom. The molecule has 1 heterocycles. The lowest BCUT2D eigenvalue weighted by atomic mass is 10.2. The van der Waals surface area contributed by atoms with Gasteiger partial charge in [0.1, 0.15) is 5.75 Å². The van der Waals surface area contributed by atoms with Gasteiger partial charge in [0.25, 0.3) is 15.9 Å².